The average Bonchev–Trinajstić information content (AvgIpc) is 2.67. The van der Waals surface area contributed by atoms with Crippen molar-refractivity contribution in [3.05, 3.63) is 102 Å². The SMILES string of the molecule is Cc1ccc(OC(C(=O)NCc2ccccc2)c2ccccc2)cc1. The fraction of sp³-hybridized carbons (Fsp3) is 0.136. The fourth-order valence-electron chi connectivity index (χ4n) is 2.53. The average molecular weight is 331 g/mol. The molecule has 0 bridgehead atoms. The van der Waals surface area contributed by atoms with E-state index in [0.717, 1.165) is 16.7 Å². The van der Waals surface area contributed by atoms with E-state index in [2.05, 4.69) is 5.32 Å². The van der Waals surface area contributed by atoms with Gasteiger partial charge in [-0.3, -0.25) is 4.79 Å². The van der Waals surface area contributed by atoms with Crippen LogP contribution in [0, 0.1) is 6.92 Å². The van der Waals surface area contributed by atoms with E-state index in [9.17, 15) is 4.79 Å². The third-order valence-electron chi connectivity index (χ3n) is 3.92. The summed E-state index contributed by atoms with van der Waals surface area (Å²) < 4.78 is 5.99. The Bertz CT molecular complexity index is 798. The molecule has 0 aromatic heterocycles. The molecular weight excluding hydrogens is 310 g/mol. The molecule has 0 spiro atoms. The van der Waals surface area contributed by atoms with Crippen LogP contribution in [0.1, 0.15) is 22.8 Å². The highest BCUT2D eigenvalue weighted by molar-refractivity contribution is 5.82. The molecule has 1 unspecified atom stereocenters. The maximum absolute atomic E-state index is 12.8. The van der Waals surface area contributed by atoms with Gasteiger partial charge in [0.1, 0.15) is 5.75 Å². The third-order valence-corrected chi connectivity index (χ3v) is 3.92. The lowest BCUT2D eigenvalue weighted by molar-refractivity contribution is -0.128. The number of rotatable bonds is 6. The van der Waals surface area contributed by atoms with Crippen LogP contribution in [-0.4, -0.2) is 5.91 Å². The first-order valence-electron chi connectivity index (χ1n) is 8.32. The van der Waals surface area contributed by atoms with E-state index in [1.54, 1.807) is 0 Å². The molecule has 0 saturated carbocycles. The molecule has 0 radical (unpaired) electrons. The van der Waals surface area contributed by atoms with Gasteiger partial charge in [-0.15, -0.1) is 0 Å². The quantitative estimate of drug-likeness (QED) is 0.725. The molecule has 0 aliphatic heterocycles. The van der Waals surface area contributed by atoms with Crippen LogP contribution in [-0.2, 0) is 11.3 Å². The summed E-state index contributed by atoms with van der Waals surface area (Å²) in [6, 6.07) is 27.1. The summed E-state index contributed by atoms with van der Waals surface area (Å²) in [5, 5.41) is 2.97. The van der Waals surface area contributed by atoms with Gasteiger partial charge in [0.05, 0.1) is 0 Å². The number of aryl methyl sites for hydroxylation is 1. The van der Waals surface area contributed by atoms with E-state index in [-0.39, 0.29) is 5.91 Å². The number of carbonyl (C=O) groups is 1. The second-order valence-electron chi connectivity index (χ2n) is 5.93. The van der Waals surface area contributed by atoms with Crippen molar-refractivity contribution >= 4 is 5.91 Å². The smallest absolute Gasteiger partial charge is 0.266 e. The molecule has 0 aliphatic carbocycles. The topological polar surface area (TPSA) is 38.3 Å². The van der Waals surface area contributed by atoms with Gasteiger partial charge in [0, 0.05) is 12.1 Å². The Balaban J connectivity index is 1.76. The summed E-state index contributed by atoms with van der Waals surface area (Å²) in [7, 11) is 0. The van der Waals surface area contributed by atoms with Crippen molar-refractivity contribution < 1.29 is 9.53 Å². The van der Waals surface area contributed by atoms with Crippen molar-refractivity contribution in [1.29, 1.82) is 0 Å². The molecule has 3 aromatic carbocycles. The monoisotopic (exact) mass is 331 g/mol. The van der Waals surface area contributed by atoms with E-state index in [1.807, 2.05) is 91.9 Å². The Kier molecular flexibility index (Phi) is 5.47. The molecule has 126 valence electrons. The van der Waals surface area contributed by atoms with Crippen LogP contribution in [0.25, 0.3) is 0 Å². The molecule has 0 aliphatic rings. The largest absolute Gasteiger partial charge is 0.476 e. The standard InChI is InChI=1S/C22H21NO2/c1-17-12-14-20(15-13-17)25-21(19-10-6-3-7-11-19)22(24)23-16-18-8-4-2-5-9-18/h2-15,21H,16H2,1H3,(H,23,24). The van der Waals surface area contributed by atoms with Crippen LogP contribution in [0.4, 0.5) is 0 Å². The zero-order chi connectivity index (χ0) is 17.5. The van der Waals surface area contributed by atoms with E-state index >= 15 is 0 Å². The maximum Gasteiger partial charge on any atom is 0.266 e. The van der Waals surface area contributed by atoms with Gasteiger partial charge in [-0.1, -0.05) is 78.4 Å². The van der Waals surface area contributed by atoms with E-state index in [1.165, 1.54) is 0 Å². The zero-order valence-corrected chi connectivity index (χ0v) is 14.2. The van der Waals surface area contributed by atoms with Gasteiger partial charge in [0.2, 0.25) is 6.10 Å². The summed E-state index contributed by atoms with van der Waals surface area (Å²) in [5.74, 6) is 0.518. The highest BCUT2D eigenvalue weighted by Gasteiger charge is 2.22. The molecule has 3 aromatic rings. The Labute approximate surface area is 148 Å². The van der Waals surface area contributed by atoms with Crippen molar-refractivity contribution in [3.8, 4) is 5.75 Å². The van der Waals surface area contributed by atoms with Crippen LogP contribution in [0.2, 0.25) is 0 Å². The fourth-order valence-corrected chi connectivity index (χ4v) is 2.53. The second kappa shape index (κ2) is 8.15. The first kappa shape index (κ1) is 16.8. The van der Waals surface area contributed by atoms with Crippen LogP contribution >= 0.6 is 0 Å². The first-order valence-corrected chi connectivity index (χ1v) is 8.32. The van der Waals surface area contributed by atoms with E-state index < -0.39 is 6.10 Å². The van der Waals surface area contributed by atoms with Gasteiger partial charge in [0.15, 0.2) is 0 Å². The number of hydrogen-bond acceptors (Lipinski definition) is 2. The minimum absolute atomic E-state index is 0.157. The molecule has 0 fully saturated rings. The number of hydrogen-bond donors (Lipinski definition) is 1. The number of benzene rings is 3. The molecule has 1 N–H and O–H groups in total. The Morgan fingerprint density at radius 2 is 1.48 bits per heavy atom. The van der Waals surface area contributed by atoms with Crippen molar-refractivity contribution in [1.82, 2.24) is 5.32 Å². The van der Waals surface area contributed by atoms with Crippen molar-refractivity contribution in [2.24, 2.45) is 0 Å². The Morgan fingerprint density at radius 3 is 2.12 bits per heavy atom. The molecule has 0 saturated heterocycles. The maximum atomic E-state index is 12.8. The number of nitrogens with one attached hydrogen (secondary N) is 1. The summed E-state index contributed by atoms with van der Waals surface area (Å²) in [6.07, 6.45) is -0.687. The summed E-state index contributed by atoms with van der Waals surface area (Å²) in [6.45, 7) is 2.49. The predicted molar refractivity (Wildman–Crippen MR) is 99.3 cm³/mol. The molecular formula is C22H21NO2. The number of carbonyl (C=O) groups excluding carboxylic acids is 1. The zero-order valence-electron chi connectivity index (χ0n) is 14.2. The molecule has 3 heteroatoms. The molecule has 1 atom stereocenters. The highest BCUT2D eigenvalue weighted by atomic mass is 16.5. The van der Waals surface area contributed by atoms with Crippen molar-refractivity contribution in [2.45, 2.75) is 19.6 Å². The molecule has 3 nitrogen and oxygen atoms in total. The summed E-state index contributed by atoms with van der Waals surface area (Å²) >= 11 is 0. The van der Waals surface area contributed by atoms with E-state index in [4.69, 9.17) is 4.74 Å². The lowest BCUT2D eigenvalue weighted by atomic mass is 10.1. The van der Waals surface area contributed by atoms with Gasteiger partial charge in [-0.05, 0) is 24.6 Å². The minimum Gasteiger partial charge on any atom is -0.476 e. The van der Waals surface area contributed by atoms with Gasteiger partial charge >= 0.3 is 0 Å². The van der Waals surface area contributed by atoms with Crippen LogP contribution in [0.3, 0.4) is 0 Å². The van der Waals surface area contributed by atoms with Gasteiger partial charge < -0.3 is 10.1 Å². The predicted octanol–water partition coefficient (Wildman–Crippen LogP) is 4.43. The molecule has 25 heavy (non-hydrogen) atoms. The second-order valence-corrected chi connectivity index (χ2v) is 5.93. The lowest BCUT2D eigenvalue weighted by Gasteiger charge is -2.19. The van der Waals surface area contributed by atoms with Crippen LogP contribution < -0.4 is 10.1 Å². The van der Waals surface area contributed by atoms with Gasteiger partial charge in [0.25, 0.3) is 5.91 Å². The van der Waals surface area contributed by atoms with Gasteiger partial charge in [-0.2, -0.15) is 0 Å². The van der Waals surface area contributed by atoms with E-state index in [0.29, 0.717) is 12.3 Å². The number of amides is 1. The Morgan fingerprint density at radius 1 is 0.880 bits per heavy atom. The summed E-state index contributed by atoms with van der Waals surface area (Å²) in [4.78, 5) is 12.8. The molecule has 0 heterocycles. The van der Waals surface area contributed by atoms with Gasteiger partial charge in [-0.25, -0.2) is 0 Å². The first-order chi connectivity index (χ1) is 12.2. The van der Waals surface area contributed by atoms with Crippen LogP contribution in [0.15, 0.2) is 84.9 Å². The van der Waals surface area contributed by atoms with Crippen molar-refractivity contribution in [2.75, 3.05) is 0 Å². The minimum atomic E-state index is -0.687. The molecule has 3 rings (SSSR count). The van der Waals surface area contributed by atoms with Crippen LogP contribution in [0.5, 0.6) is 5.75 Å². The normalized spacial score (nSPS) is 11.6. The number of ether oxygens (including phenoxy) is 1. The summed E-state index contributed by atoms with van der Waals surface area (Å²) in [5.41, 5.74) is 3.03. The Hall–Kier alpha value is -3.07. The third kappa shape index (κ3) is 4.70. The highest BCUT2D eigenvalue weighted by Crippen LogP contribution is 2.22. The van der Waals surface area contributed by atoms with Crippen molar-refractivity contribution in [3.63, 3.8) is 0 Å². The lowest BCUT2D eigenvalue weighted by Crippen LogP contribution is -2.32. The molecule has 1 amide bonds.